The van der Waals surface area contributed by atoms with Gasteiger partial charge in [0.1, 0.15) is 0 Å². The number of likely N-dealkylation sites (N-methyl/N-ethyl adjacent to an activating group) is 1. The SMILES string of the molecule is CN(C)C(=O)CNC1CCNCC1. The molecule has 1 aliphatic rings. The van der Waals surface area contributed by atoms with Gasteiger partial charge in [0.05, 0.1) is 6.54 Å². The molecule has 1 aliphatic heterocycles. The number of rotatable bonds is 3. The minimum absolute atomic E-state index is 0.151. The van der Waals surface area contributed by atoms with Crippen LogP contribution < -0.4 is 10.6 Å². The molecule has 0 saturated carbocycles. The summed E-state index contributed by atoms with van der Waals surface area (Å²) in [6.07, 6.45) is 2.25. The average Bonchev–Trinajstić information content (AvgIpc) is 2.15. The molecule has 0 aromatic heterocycles. The second kappa shape index (κ2) is 5.19. The molecule has 13 heavy (non-hydrogen) atoms. The third kappa shape index (κ3) is 3.74. The first kappa shape index (κ1) is 10.5. The molecule has 1 fully saturated rings. The van der Waals surface area contributed by atoms with Gasteiger partial charge in [-0.3, -0.25) is 4.79 Å². The third-order valence-corrected chi connectivity index (χ3v) is 2.38. The Labute approximate surface area is 79.7 Å². The van der Waals surface area contributed by atoms with Crippen molar-refractivity contribution in [2.24, 2.45) is 0 Å². The molecular formula is C9H19N3O. The van der Waals surface area contributed by atoms with Crippen molar-refractivity contribution in [2.75, 3.05) is 33.7 Å². The fourth-order valence-corrected chi connectivity index (χ4v) is 1.42. The zero-order valence-electron chi connectivity index (χ0n) is 8.47. The van der Waals surface area contributed by atoms with Gasteiger partial charge in [-0.25, -0.2) is 0 Å². The van der Waals surface area contributed by atoms with Gasteiger partial charge in [-0.15, -0.1) is 0 Å². The summed E-state index contributed by atoms with van der Waals surface area (Å²) in [6.45, 7) is 2.60. The molecule has 0 bridgehead atoms. The number of piperidine rings is 1. The van der Waals surface area contributed by atoms with Crippen molar-refractivity contribution < 1.29 is 4.79 Å². The molecular weight excluding hydrogens is 166 g/mol. The maximum absolute atomic E-state index is 11.2. The van der Waals surface area contributed by atoms with E-state index in [9.17, 15) is 4.79 Å². The zero-order valence-corrected chi connectivity index (χ0v) is 8.47. The van der Waals surface area contributed by atoms with Gasteiger partial charge in [0.2, 0.25) is 5.91 Å². The zero-order chi connectivity index (χ0) is 9.68. The van der Waals surface area contributed by atoms with Crippen LogP contribution in [0, 0.1) is 0 Å². The van der Waals surface area contributed by atoms with E-state index in [-0.39, 0.29) is 5.91 Å². The minimum atomic E-state index is 0.151. The lowest BCUT2D eigenvalue weighted by molar-refractivity contribution is -0.127. The highest BCUT2D eigenvalue weighted by atomic mass is 16.2. The highest BCUT2D eigenvalue weighted by Gasteiger charge is 2.13. The summed E-state index contributed by atoms with van der Waals surface area (Å²) in [6, 6.07) is 0.519. The van der Waals surface area contributed by atoms with Crippen molar-refractivity contribution in [3.05, 3.63) is 0 Å². The van der Waals surface area contributed by atoms with E-state index < -0.39 is 0 Å². The average molecular weight is 185 g/mol. The van der Waals surface area contributed by atoms with Crippen molar-refractivity contribution in [1.82, 2.24) is 15.5 Å². The molecule has 0 atom stereocenters. The van der Waals surface area contributed by atoms with Gasteiger partial charge in [-0.2, -0.15) is 0 Å². The quantitative estimate of drug-likeness (QED) is 0.618. The molecule has 1 amide bonds. The first-order valence-corrected chi connectivity index (χ1v) is 4.84. The number of amides is 1. The first-order chi connectivity index (χ1) is 6.20. The molecule has 0 spiro atoms. The number of nitrogens with zero attached hydrogens (tertiary/aromatic N) is 1. The van der Waals surface area contributed by atoms with Gasteiger partial charge >= 0.3 is 0 Å². The smallest absolute Gasteiger partial charge is 0.236 e. The number of carbonyl (C=O) groups excluding carboxylic acids is 1. The standard InChI is InChI=1S/C9H19N3O/c1-12(2)9(13)7-11-8-3-5-10-6-4-8/h8,10-11H,3-7H2,1-2H3. The van der Waals surface area contributed by atoms with Crippen LogP contribution >= 0.6 is 0 Å². The molecule has 4 heteroatoms. The summed E-state index contributed by atoms with van der Waals surface area (Å²) in [5, 5.41) is 6.56. The van der Waals surface area contributed by atoms with E-state index in [4.69, 9.17) is 0 Å². The van der Waals surface area contributed by atoms with Crippen LogP contribution in [0.2, 0.25) is 0 Å². The Kier molecular flexibility index (Phi) is 4.18. The van der Waals surface area contributed by atoms with Gasteiger partial charge in [-0.1, -0.05) is 0 Å². The lowest BCUT2D eigenvalue weighted by atomic mass is 10.1. The molecule has 2 N–H and O–H groups in total. The minimum Gasteiger partial charge on any atom is -0.348 e. The summed E-state index contributed by atoms with van der Waals surface area (Å²) >= 11 is 0. The van der Waals surface area contributed by atoms with E-state index in [1.54, 1.807) is 19.0 Å². The third-order valence-electron chi connectivity index (χ3n) is 2.38. The van der Waals surface area contributed by atoms with E-state index in [0.29, 0.717) is 12.6 Å². The molecule has 1 saturated heterocycles. The summed E-state index contributed by atoms with van der Waals surface area (Å²) in [5.74, 6) is 0.151. The van der Waals surface area contributed by atoms with E-state index in [0.717, 1.165) is 25.9 Å². The Hall–Kier alpha value is -0.610. The molecule has 0 aromatic carbocycles. The fraction of sp³-hybridized carbons (Fsp3) is 0.889. The molecule has 0 aromatic rings. The van der Waals surface area contributed by atoms with Gasteiger partial charge in [-0.05, 0) is 25.9 Å². The van der Waals surface area contributed by atoms with Gasteiger partial charge in [0.25, 0.3) is 0 Å². The molecule has 0 aliphatic carbocycles. The van der Waals surface area contributed by atoms with Crippen LogP contribution in [0.4, 0.5) is 0 Å². The van der Waals surface area contributed by atoms with Crippen LogP contribution in [0.15, 0.2) is 0 Å². The Morgan fingerprint density at radius 2 is 2.08 bits per heavy atom. The van der Waals surface area contributed by atoms with E-state index in [2.05, 4.69) is 10.6 Å². The van der Waals surface area contributed by atoms with Crippen LogP contribution in [0.1, 0.15) is 12.8 Å². The highest BCUT2D eigenvalue weighted by molar-refractivity contribution is 5.77. The Morgan fingerprint density at radius 3 is 2.62 bits per heavy atom. The van der Waals surface area contributed by atoms with Crippen LogP contribution in [0.3, 0.4) is 0 Å². The normalized spacial score (nSPS) is 18.6. The highest BCUT2D eigenvalue weighted by Crippen LogP contribution is 2.00. The van der Waals surface area contributed by atoms with Gasteiger partial charge in [0.15, 0.2) is 0 Å². The van der Waals surface area contributed by atoms with Crippen LogP contribution in [0.5, 0.6) is 0 Å². The lowest BCUT2D eigenvalue weighted by Gasteiger charge is -2.24. The van der Waals surface area contributed by atoms with Crippen LogP contribution in [-0.2, 0) is 4.79 Å². The lowest BCUT2D eigenvalue weighted by Crippen LogP contribution is -2.44. The van der Waals surface area contributed by atoms with Crippen molar-refractivity contribution in [3.63, 3.8) is 0 Å². The van der Waals surface area contributed by atoms with Gasteiger partial charge in [0, 0.05) is 20.1 Å². The summed E-state index contributed by atoms with van der Waals surface area (Å²) < 4.78 is 0. The molecule has 76 valence electrons. The molecule has 1 heterocycles. The predicted molar refractivity (Wildman–Crippen MR) is 52.6 cm³/mol. The maximum Gasteiger partial charge on any atom is 0.236 e. The predicted octanol–water partition coefficient (Wildman–Crippen LogP) is -0.584. The largest absolute Gasteiger partial charge is 0.348 e. The van der Waals surface area contributed by atoms with E-state index in [1.807, 2.05) is 0 Å². The summed E-state index contributed by atoms with van der Waals surface area (Å²) in [7, 11) is 3.57. The summed E-state index contributed by atoms with van der Waals surface area (Å²) in [4.78, 5) is 12.9. The maximum atomic E-state index is 11.2. The number of hydrogen-bond donors (Lipinski definition) is 2. The second-order valence-electron chi connectivity index (χ2n) is 3.69. The second-order valence-corrected chi connectivity index (χ2v) is 3.69. The Bertz CT molecular complexity index is 164. The van der Waals surface area contributed by atoms with Crippen LogP contribution in [-0.4, -0.2) is 50.6 Å². The van der Waals surface area contributed by atoms with Crippen molar-refractivity contribution in [2.45, 2.75) is 18.9 Å². The van der Waals surface area contributed by atoms with E-state index in [1.165, 1.54) is 0 Å². The Balaban J connectivity index is 2.13. The molecule has 0 unspecified atom stereocenters. The van der Waals surface area contributed by atoms with E-state index >= 15 is 0 Å². The number of nitrogens with one attached hydrogen (secondary N) is 2. The number of hydrogen-bond acceptors (Lipinski definition) is 3. The molecule has 0 radical (unpaired) electrons. The van der Waals surface area contributed by atoms with Crippen molar-refractivity contribution in [3.8, 4) is 0 Å². The van der Waals surface area contributed by atoms with Crippen LogP contribution in [0.25, 0.3) is 0 Å². The first-order valence-electron chi connectivity index (χ1n) is 4.84. The fourth-order valence-electron chi connectivity index (χ4n) is 1.42. The number of carbonyl (C=O) groups is 1. The Morgan fingerprint density at radius 1 is 1.46 bits per heavy atom. The van der Waals surface area contributed by atoms with Crippen molar-refractivity contribution in [1.29, 1.82) is 0 Å². The molecule has 4 nitrogen and oxygen atoms in total. The van der Waals surface area contributed by atoms with Gasteiger partial charge < -0.3 is 15.5 Å². The summed E-state index contributed by atoms with van der Waals surface area (Å²) in [5.41, 5.74) is 0. The monoisotopic (exact) mass is 185 g/mol. The molecule has 1 rings (SSSR count). The topological polar surface area (TPSA) is 44.4 Å². The van der Waals surface area contributed by atoms with Crippen molar-refractivity contribution >= 4 is 5.91 Å².